The SMILES string of the molecule is NNC(c1ccncc1F)C1(N2CCOCC2)CCCC1. The largest absolute Gasteiger partial charge is 0.379 e. The number of nitrogens with zero attached hydrogens (tertiary/aromatic N) is 2. The Morgan fingerprint density at radius 3 is 2.67 bits per heavy atom. The first-order chi connectivity index (χ1) is 10.3. The summed E-state index contributed by atoms with van der Waals surface area (Å²) in [6.07, 6.45) is 7.27. The van der Waals surface area contributed by atoms with Crippen LogP contribution in [0.2, 0.25) is 0 Å². The van der Waals surface area contributed by atoms with Crippen molar-refractivity contribution in [3.05, 3.63) is 29.8 Å². The van der Waals surface area contributed by atoms with Gasteiger partial charge in [-0.1, -0.05) is 12.8 Å². The maximum Gasteiger partial charge on any atom is 0.146 e. The highest BCUT2D eigenvalue weighted by atomic mass is 19.1. The van der Waals surface area contributed by atoms with Gasteiger partial charge in [0.1, 0.15) is 5.82 Å². The van der Waals surface area contributed by atoms with Gasteiger partial charge in [-0.3, -0.25) is 21.2 Å². The van der Waals surface area contributed by atoms with Crippen molar-refractivity contribution in [2.45, 2.75) is 37.3 Å². The van der Waals surface area contributed by atoms with E-state index in [2.05, 4.69) is 15.3 Å². The summed E-state index contributed by atoms with van der Waals surface area (Å²) in [6.45, 7) is 3.23. The fourth-order valence-corrected chi connectivity index (χ4v) is 3.94. The van der Waals surface area contributed by atoms with Crippen LogP contribution < -0.4 is 11.3 Å². The third-order valence-corrected chi connectivity index (χ3v) is 4.93. The lowest BCUT2D eigenvalue weighted by molar-refractivity contribution is -0.0368. The van der Waals surface area contributed by atoms with E-state index in [1.54, 1.807) is 12.3 Å². The molecule has 2 fully saturated rings. The number of nitrogens with two attached hydrogens (primary N) is 1. The molecule has 2 aliphatic rings. The van der Waals surface area contributed by atoms with Crippen LogP contribution in [0, 0.1) is 5.82 Å². The van der Waals surface area contributed by atoms with E-state index in [1.165, 1.54) is 6.20 Å². The van der Waals surface area contributed by atoms with Crippen molar-refractivity contribution >= 4 is 0 Å². The lowest BCUT2D eigenvalue weighted by Crippen LogP contribution is -2.59. The molecule has 3 N–H and O–H groups in total. The summed E-state index contributed by atoms with van der Waals surface area (Å²) >= 11 is 0. The van der Waals surface area contributed by atoms with Crippen molar-refractivity contribution < 1.29 is 9.13 Å². The highest BCUT2D eigenvalue weighted by Gasteiger charge is 2.47. The molecule has 0 amide bonds. The van der Waals surface area contributed by atoms with Crippen LogP contribution in [0.25, 0.3) is 0 Å². The van der Waals surface area contributed by atoms with E-state index < -0.39 is 0 Å². The van der Waals surface area contributed by atoms with Crippen LogP contribution in [0.1, 0.15) is 37.3 Å². The quantitative estimate of drug-likeness (QED) is 0.649. The Balaban J connectivity index is 1.96. The number of nitrogens with one attached hydrogen (secondary N) is 1. The van der Waals surface area contributed by atoms with E-state index in [0.29, 0.717) is 5.56 Å². The van der Waals surface area contributed by atoms with E-state index in [0.717, 1.165) is 52.0 Å². The average Bonchev–Trinajstić information content (AvgIpc) is 3.01. The van der Waals surface area contributed by atoms with Crippen LogP contribution in [0.4, 0.5) is 4.39 Å². The number of morpholine rings is 1. The van der Waals surface area contributed by atoms with E-state index >= 15 is 0 Å². The molecule has 1 saturated carbocycles. The van der Waals surface area contributed by atoms with Gasteiger partial charge in [0.15, 0.2) is 0 Å². The Hall–Kier alpha value is -1.08. The molecular formula is C15H23FN4O. The Kier molecular flexibility index (Phi) is 4.49. The third-order valence-electron chi connectivity index (χ3n) is 4.93. The molecule has 6 heteroatoms. The van der Waals surface area contributed by atoms with Gasteiger partial charge < -0.3 is 4.74 Å². The summed E-state index contributed by atoms with van der Waals surface area (Å²) in [5.74, 6) is 5.56. The van der Waals surface area contributed by atoms with Crippen LogP contribution in [-0.2, 0) is 4.74 Å². The minimum absolute atomic E-state index is 0.124. The molecule has 1 atom stereocenters. The molecule has 116 valence electrons. The molecule has 3 rings (SSSR count). The van der Waals surface area contributed by atoms with Gasteiger partial charge in [-0.15, -0.1) is 0 Å². The topological polar surface area (TPSA) is 63.4 Å². The normalized spacial score (nSPS) is 24.1. The van der Waals surface area contributed by atoms with Crippen molar-refractivity contribution in [3.63, 3.8) is 0 Å². The number of pyridine rings is 1. The van der Waals surface area contributed by atoms with E-state index in [-0.39, 0.29) is 17.4 Å². The highest BCUT2D eigenvalue weighted by Crippen LogP contribution is 2.44. The summed E-state index contributed by atoms with van der Waals surface area (Å²) in [5.41, 5.74) is 3.38. The fourth-order valence-electron chi connectivity index (χ4n) is 3.94. The molecule has 1 aromatic rings. The van der Waals surface area contributed by atoms with E-state index in [1.807, 2.05) is 0 Å². The lowest BCUT2D eigenvalue weighted by Gasteiger charge is -2.48. The van der Waals surface area contributed by atoms with Gasteiger partial charge in [-0.05, 0) is 18.9 Å². The molecule has 0 bridgehead atoms. The first-order valence-corrected chi connectivity index (χ1v) is 7.66. The first kappa shape index (κ1) is 14.8. The van der Waals surface area contributed by atoms with Crippen LogP contribution in [-0.4, -0.2) is 41.7 Å². The summed E-state index contributed by atoms with van der Waals surface area (Å²) in [7, 11) is 0. The number of hydrazine groups is 1. The van der Waals surface area contributed by atoms with Gasteiger partial charge in [0.25, 0.3) is 0 Å². The van der Waals surface area contributed by atoms with Gasteiger partial charge in [0.2, 0.25) is 0 Å². The Bertz CT molecular complexity index is 472. The highest BCUT2D eigenvalue weighted by molar-refractivity contribution is 5.24. The molecule has 1 saturated heterocycles. The van der Waals surface area contributed by atoms with E-state index in [4.69, 9.17) is 10.6 Å². The van der Waals surface area contributed by atoms with Crippen molar-refractivity contribution in [2.24, 2.45) is 5.84 Å². The molecule has 0 spiro atoms. The zero-order valence-corrected chi connectivity index (χ0v) is 12.2. The molecule has 1 aromatic heterocycles. The third kappa shape index (κ3) is 2.68. The standard InChI is InChI=1S/C15H23FN4O/c16-13-11-18-6-3-12(13)14(19-17)15(4-1-2-5-15)20-7-9-21-10-8-20/h3,6,11,14,19H,1-2,4-5,7-10,17H2. The summed E-state index contributed by atoms with van der Waals surface area (Å²) in [4.78, 5) is 6.28. The molecular weight excluding hydrogens is 271 g/mol. The van der Waals surface area contributed by atoms with Crippen LogP contribution in [0.5, 0.6) is 0 Å². The maximum absolute atomic E-state index is 14.2. The second-order valence-corrected chi connectivity index (χ2v) is 5.91. The molecule has 21 heavy (non-hydrogen) atoms. The Labute approximate surface area is 124 Å². The molecule has 1 aliphatic heterocycles. The van der Waals surface area contributed by atoms with Crippen molar-refractivity contribution in [2.75, 3.05) is 26.3 Å². The monoisotopic (exact) mass is 294 g/mol. The fraction of sp³-hybridized carbons (Fsp3) is 0.667. The van der Waals surface area contributed by atoms with Crippen molar-refractivity contribution in [1.82, 2.24) is 15.3 Å². The first-order valence-electron chi connectivity index (χ1n) is 7.66. The second kappa shape index (κ2) is 6.36. The predicted molar refractivity (Wildman–Crippen MR) is 77.9 cm³/mol. The number of ether oxygens (including phenoxy) is 1. The van der Waals surface area contributed by atoms with Crippen LogP contribution in [0.3, 0.4) is 0 Å². The van der Waals surface area contributed by atoms with Gasteiger partial charge in [0.05, 0.1) is 25.5 Å². The number of hydrogen-bond acceptors (Lipinski definition) is 5. The number of aromatic nitrogens is 1. The van der Waals surface area contributed by atoms with Gasteiger partial charge >= 0.3 is 0 Å². The van der Waals surface area contributed by atoms with Crippen molar-refractivity contribution in [1.29, 1.82) is 0 Å². The molecule has 1 aliphatic carbocycles. The number of hydrogen-bond donors (Lipinski definition) is 2. The smallest absolute Gasteiger partial charge is 0.146 e. The molecule has 0 radical (unpaired) electrons. The van der Waals surface area contributed by atoms with Gasteiger partial charge in [-0.25, -0.2) is 4.39 Å². The summed E-state index contributed by atoms with van der Waals surface area (Å²) < 4.78 is 19.7. The van der Waals surface area contributed by atoms with Crippen LogP contribution >= 0.6 is 0 Å². The summed E-state index contributed by atoms with van der Waals surface area (Å²) in [6, 6.07) is 1.52. The molecule has 0 aromatic carbocycles. The minimum Gasteiger partial charge on any atom is -0.379 e. The zero-order chi connectivity index (χ0) is 14.7. The zero-order valence-electron chi connectivity index (χ0n) is 12.2. The molecule has 5 nitrogen and oxygen atoms in total. The van der Waals surface area contributed by atoms with E-state index in [9.17, 15) is 4.39 Å². The number of halogens is 1. The maximum atomic E-state index is 14.2. The minimum atomic E-state index is -0.292. The Morgan fingerprint density at radius 2 is 2.05 bits per heavy atom. The van der Waals surface area contributed by atoms with Gasteiger partial charge in [-0.2, -0.15) is 0 Å². The van der Waals surface area contributed by atoms with Crippen molar-refractivity contribution in [3.8, 4) is 0 Å². The average molecular weight is 294 g/mol. The van der Waals surface area contributed by atoms with Gasteiger partial charge in [0, 0.05) is 30.4 Å². The summed E-state index contributed by atoms with van der Waals surface area (Å²) in [5, 5.41) is 0. The molecule has 1 unspecified atom stereocenters. The second-order valence-electron chi connectivity index (χ2n) is 5.91. The number of rotatable bonds is 4. The molecule has 2 heterocycles. The lowest BCUT2D eigenvalue weighted by atomic mass is 9.82. The predicted octanol–water partition coefficient (Wildman–Crippen LogP) is 1.37. The Morgan fingerprint density at radius 1 is 1.33 bits per heavy atom. The van der Waals surface area contributed by atoms with Crippen LogP contribution in [0.15, 0.2) is 18.5 Å².